The molecule has 1 nitrogen and oxygen atoms in total. The molecule has 0 aromatic carbocycles. The van der Waals surface area contributed by atoms with Gasteiger partial charge in [-0.15, -0.1) is 0 Å². The number of ketones is 1. The van der Waals surface area contributed by atoms with E-state index in [1.807, 2.05) is 12.2 Å². The van der Waals surface area contributed by atoms with Crippen LogP contribution in [-0.2, 0) is 0 Å². The summed E-state index contributed by atoms with van der Waals surface area (Å²) in [6.45, 7) is 4.35. The van der Waals surface area contributed by atoms with Crippen molar-refractivity contribution in [3.8, 4) is 22.3 Å². The van der Waals surface area contributed by atoms with Crippen LogP contribution < -0.4 is 0 Å². The lowest BCUT2D eigenvalue weighted by molar-refractivity contribution is 0.683. The van der Waals surface area contributed by atoms with Crippen LogP contribution in [-0.4, -0.2) is 10.6 Å². The van der Waals surface area contributed by atoms with Gasteiger partial charge in [0.25, 0.3) is 0 Å². The first kappa shape index (κ1) is 18.3. The van der Waals surface area contributed by atoms with Crippen molar-refractivity contribution in [2.75, 3.05) is 0 Å². The van der Waals surface area contributed by atoms with Gasteiger partial charge in [-0.3, -0.25) is 4.79 Å². The Kier molecular flexibility index (Phi) is 4.44. The molecule has 0 spiro atoms. The van der Waals surface area contributed by atoms with Gasteiger partial charge in [-0.1, -0.05) is 72.8 Å². The Bertz CT molecular complexity index is 1220. The third-order valence-corrected chi connectivity index (χ3v) is 5.92. The normalized spacial score (nSPS) is 13.4. The van der Waals surface area contributed by atoms with Gasteiger partial charge in [-0.2, -0.15) is 0 Å². The molecular weight excluding hydrogens is 364 g/mol. The van der Waals surface area contributed by atoms with E-state index in [2.05, 4.69) is 86.6 Å². The van der Waals surface area contributed by atoms with Crippen LogP contribution in [0.2, 0.25) is 0 Å². The Morgan fingerprint density at radius 1 is 0.567 bits per heavy atom. The molecule has 0 aliphatic heterocycles. The Morgan fingerprint density at radius 3 is 1.47 bits per heavy atom. The van der Waals surface area contributed by atoms with Gasteiger partial charge in [-0.05, 0) is 81.7 Å². The van der Waals surface area contributed by atoms with E-state index in [1.54, 1.807) is 12.2 Å². The van der Waals surface area contributed by atoms with E-state index in [0.717, 1.165) is 5.57 Å². The summed E-state index contributed by atoms with van der Waals surface area (Å²) in [5.74, 6) is 0.281. The van der Waals surface area contributed by atoms with E-state index in [0.29, 0.717) is 0 Å². The zero-order valence-electron chi connectivity index (χ0n) is 17.2. The minimum atomic E-state index is 0.281. The monoisotopic (exact) mass is 387 g/mol. The number of rotatable bonds is 2. The predicted molar refractivity (Wildman–Crippen MR) is 127 cm³/mol. The Hall–Kier alpha value is -3.71. The van der Waals surface area contributed by atoms with E-state index in [1.165, 1.54) is 50.1 Å². The van der Waals surface area contributed by atoms with E-state index in [9.17, 15) is 4.79 Å². The molecule has 0 amide bonds. The highest BCUT2D eigenvalue weighted by Gasteiger charge is 2.24. The molecule has 0 saturated carbocycles. The molecule has 5 aliphatic carbocycles. The van der Waals surface area contributed by atoms with Crippen molar-refractivity contribution in [3.63, 3.8) is 0 Å². The van der Waals surface area contributed by atoms with Gasteiger partial charge in [0.1, 0.15) is 0 Å². The molecule has 0 bridgehead atoms. The third-order valence-electron chi connectivity index (χ3n) is 5.92. The molecule has 0 unspecified atom stereocenters. The molecule has 5 aliphatic rings. The van der Waals surface area contributed by atoms with Crippen molar-refractivity contribution < 1.29 is 4.79 Å². The van der Waals surface area contributed by atoms with Crippen LogP contribution in [0.25, 0.3) is 27.8 Å². The molecule has 0 aromatic heterocycles. The van der Waals surface area contributed by atoms with Crippen LogP contribution in [0.4, 0.5) is 0 Å². The molecule has 0 aromatic rings. The Morgan fingerprint density at radius 2 is 1.00 bits per heavy atom. The molecule has 5 rings (SSSR count). The number of aryl methyl sites for hydroxylation is 2. The first-order valence-corrected chi connectivity index (χ1v) is 10.3. The first-order valence-electron chi connectivity index (χ1n) is 10.3. The molecule has 144 valence electrons. The zero-order chi connectivity index (χ0) is 20.7. The summed E-state index contributed by atoms with van der Waals surface area (Å²) in [6, 6.07) is 25.9. The molecule has 0 saturated heterocycles. The van der Waals surface area contributed by atoms with Gasteiger partial charge in [0, 0.05) is 12.2 Å². The van der Waals surface area contributed by atoms with E-state index >= 15 is 0 Å². The van der Waals surface area contributed by atoms with Gasteiger partial charge < -0.3 is 0 Å². The zero-order valence-corrected chi connectivity index (χ0v) is 17.2. The van der Waals surface area contributed by atoms with Crippen LogP contribution in [0.1, 0.15) is 22.3 Å². The Balaban J connectivity index is 1.86. The molecule has 0 fully saturated rings. The summed E-state index contributed by atoms with van der Waals surface area (Å²) >= 11 is 0. The van der Waals surface area contributed by atoms with Crippen LogP contribution in [0.5, 0.6) is 0 Å². The maximum Gasteiger partial charge on any atom is 0.340 e. The molecule has 30 heavy (non-hydrogen) atoms. The van der Waals surface area contributed by atoms with Gasteiger partial charge in [0.15, 0.2) is 0 Å². The maximum atomic E-state index is 9.89. The van der Waals surface area contributed by atoms with Crippen LogP contribution in [0.3, 0.4) is 0 Å². The van der Waals surface area contributed by atoms with Gasteiger partial charge in [0.05, 0.1) is 0 Å². The number of hydrogen-bond donors (Lipinski definition) is 0. The fourth-order valence-electron chi connectivity index (χ4n) is 4.49. The fourth-order valence-corrected chi connectivity index (χ4v) is 4.49. The summed E-state index contributed by atoms with van der Waals surface area (Å²) in [4.78, 5) is 9.89. The minimum Gasteiger partial charge on any atom is -0.274 e. The van der Waals surface area contributed by atoms with E-state index < -0.39 is 0 Å². The average Bonchev–Trinajstić information content (AvgIpc) is 3.02. The number of allylic oxidation sites excluding steroid dienone is 5. The smallest absolute Gasteiger partial charge is 0.274 e. The van der Waals surface area contributed by atoms with Crippen LogP contribution in [0.15, 0.2) is 103 Å². The molecular formula is C29H23O+. The van der Waals surface area contributed by atoms with Crippen molar-refractivity contribution in [1.29, 1.82) is 0 Å². The molecule has 1 N–H and O–H groups in total. The van der Waals surface area contributed by atoms with E-state index in [-0.39, 0.29) is 5.78 Å². The summed E-state index contributed by atoms with van der Waals surface area (Å²) in [7, 11) is 0. The van der Waals surface area contributed by atoms with Crippen molar-refractivity contribution in [3.05, 3.63) is 125 Å². The van der Waals surface area contributed by atoms with Crippen LogP contribution in [0, 0.1) is 13.8 Å². The highest BCUT2D eigenvalue weighted by molar-refractivity contribution is 6.06. The van der Waals surface area contributed by atoms with Crippen molar-refractivity contribution in [2.24, 2.45) is 0 Å². The van der Waals surface area contributed by atoms with Crippen LogP contribution >= 0.6 is 0 Å². The second-order valence-corrected chi connectivity index (χ2v) is 7.88. The lowest BCUT2D eigenvalue weighted by Gasteiger charge is -2.14. The number of hydrogen-bond acceptors (Lipinski definition) is 0. The minimum absolute atomic E-state index is 0.281. The highest BCUT2D eigenvalue weighted by atomic mass is 16.1. The summed E-state index contributed by atoms with van der Waals surface area (Å²) in [5, 5.41) is 0. The molecule has 0 atom stereocenters. The highest BCUT2D eigenvalue weighted by Crippen LogP contribution is 2.45. The van der Waals surface area contributed by atoms with Crippen molar-refractivity contribution in [2.45, 2.75) is 13.8 Å². The SMILES string of the molecule is Cc1cc(C(=C2C=CC(=[OH+])C=C2)c2cc(C)c3cccccc2-3)c2cccccc1-2. The standard InChI is InChI=1S/C29H22O/c1-19-17-27(25-11-7-3-5-9-23(19)25)29(21-13-15-22(30)16-14-21)28-18-20(2)24-10-6-4-8-12-26(24)28/h3-18H,1-2H3/p+1. The maximum absolute atomic E-state index is 9.89. The number of carbonyl (C=O) groups excluding carboxylic acids is 1. The van der Waals surface area contributed by atoms with Crippen molar-refractivity contribution >= 4 is 11.4 Å². The second kappa shape index (κ2) is 7.27. The number of fused-ring (bicyclic) bond motifs is 2. The predicted octanol–water partition coefficient (Wildman–Crippen LogP) is 6.99. The summed E-state index contributed by atoms with van der Waals surface area (Å²) in [6.07, 6.45) is 7.56. The fraction of sp³-hybridized carbons (Fsp3) is 0.0690. The molecule has 0 heterocycles. The summed E-state index contributed by atoms with van der Waals surface area (Å²) in [5.41, 5.74) is 12.3. The second-order valence-electron chi connectivity index (χ2n) is 7.88. The topological polar surface area (TPSA) is 21.4 Å². The summed E-state index contributed by atoms with van der Waals surface area (Å²) < 4.78 is 0. The Labute approximate surface area is 177 Å². The lowest BCUT2D eigenvalue weighted by atomic mass is 9.89. The van der Waals surface area contributed by atoms with Crippen molar-refractivity contribution in [1.82, 2.24) is 0 Å². The van der Waals surface area contributed by atoms with Gasteiger partial charge >= 0.3 is 5.78 Å². The largest absolute Gasteiger partial charge is 0.340 e. The molecule has 1 heteroatoms. The molecule has 0 radical (unpaired) electrons. The third kappa shape index (κ3) is 3.00. The van der Waals surface area contributed by atoms with E-state index in [4.69, 9.17) is 0 Å². The van der Waals surface area contributed by atoms with Gasteiger partial charge in [0.2, 0.25) is 0 Å². The quantitative estimate of drug-likeness (QED) is 0.331. The average molecular weight is 388 g/mol. The lowest BCUT2D eigenvalue weighted by Crippen LogP contribution is -1.97. The first-order chi connectivity index (χ1) is 14.6. The van der Waals surface area contributed by atoms with Gasteiger partial charge in [-0.25, -0.2) is 0 Å².